The highest BCUT2D eigenvalue weighted by atomic mass is 32.2. The zero-order valence-corrected chi connectivity index (χ0v) is 15.4. The molecule has 0 aliphatic rings. The van der Waals surface area contributed by atoms with E-state index in [1.807, 2.05) is 51.0 Å². The Morgan fingerprint density at radius 1 is 1.17 bits per heavy atom. The maximum Gasteiger partial charge on any atom is 0.239 e. The number of carbonyl (C=O) groups is 1. The highest BCUT2D eigenvalue weighted by Crippen LogP contribution is 2.16. The first kappa shape index (κ1) is 19.6. The van der Waals surface area contributed by atoms with Crippen LogP contribution < -0.4 is 5.32 Å². The number of aryl methyl sites for hydroxylation is 2. The molecule has 0 heterocycles. The molecule has 1 rings (SSSR count). The smallest absolute Gasteiger partial charge is 0.239 e. The number of amides is 1. The summed E-state index contributed by atoms with van der Waals surface area (Å²) in [5.41, 5.74) is 2.78. The third-order valence-corrected chi connectivity index (χ3v) is 4.71. The number of anilines is 1. The normalized spacial score (nSPS) is 12.0. The Morgan fingerprint density at radius 2 is 1.83 bits per heavy atom. The summed E-state index contributed by atoms with van der Waals surface area (Å²) in [5.74, 6) is -0.327. The molecule has 0 saturated heterocycles. The Balaban J connectivity index is 2.69. The fraction of sp³-hybridized carbons (Fsp3) is 0.562. The number of nitrogens with zero attached hydrogens (tertiary/aromatic N) is 2. The lowest BCUT2D eigenvalue weighted by Crippen LogP contribution is -2.38. The van der Waals surface area contributed by atoms with Crippen molar-refractivity contribution in [2.45, 2.75) is 20.3 Å². The van der Waals surface area contributed by atoms with Crippen molar-refractivity contribution in [3.8, 4) is 0 Å². The maximum atomic E-state index is 12.2. The largest absolute Gasteiger partial charge is 0.325 e. The lowest BCUT2D eigenvalue weighted by Gasteiger charge is -2.20. The Bertz CT molecular complexity index is 642. The van der Waals surface area contributed by atoms with Crippen LogP contribution in [0.2, 0.25) is 0 Å². The molecular weight excluding hydrogens is 314 g/mol. The van der Waals surface area contributed by atoms with Gasteiger partial charge in [-0.15, -0.1) is 0 Å². The van der Waals surface area contributed by atoms with Crippen molar-refractivity contribution in [2.24, 2.45) is 0 Å². The van der Waals surface area contributed by atoms with E-state index in [0.29, 0.717) is 18.7 Å². The molecule has 0 saturated carbocycles. The van der Waals surface area contributed by atoms with Crippen molar-refractivity contribution in [3.05, 3.63) is 29.3 Å². The average Bonchev–Trinajstić information content (AvgIpc) is 2.39. The third kappa shape index (κ3) is 7.11. The van der Waals surface area contributed by atoms with E-state index in [2.05, 4.69) is 5.32 Å². The Labute approximate surface area is 139 Å². The zero-order chi connectivity index (χ0) is 17.6. The molecule has 0 atom stereocenters. The minimum atomic E-state index is -3.41. The predicted octanol–water partition coefficient (Wildman–Crippen LogP) is 1.46. The minimum absolute atomic E-state index is 0.167. The van der Waals surface area contributed by atoms with Gasteiger partial charge < -0.3 is 10.2 Å². The highest BCUT2D eigenvalue weighted by Gasteiger charge is 2.20. The molecule has 0 aliphatic carbocycles. The van der Waals surface area contributed by atoms with Crippen LogP contribution in [-0.2, 0) is 14.8 Å². The van der Waals surface area contributed by atoms with E-state index < -0.39 is 10.0 Å². The van der Waals surface area contributed by atoms with Gasteiger partial charge in [0.05, 0.1) is 12.8 Å². The fourth-order valence-corrected chi connectivity index (χ4v) is 3.04. The van der Waals surface area contributed by atoms with Crippen LogP contribution >= 0.6 is 0 Å². The number of sulfonamides is 1. The van der Waals surface area contributed by atoms with Gasteiger partial charge in [0.15, 0.2) is 0 Å². The number of nitrogens with one attached hydrogen (secondary N) is 1. The summed E-state index contributed by atoms with van der Waals surface area (Å²) in [6, 6.07) is 5.72. The fourth-order valence-electron chi connectivity index (χ4n) is 2.23. The summed E-state index contributed by atoms with van der Waals surface area (Å²) < 4.78 is 24.9. The molecule has 23 heavy (non-hydrogen) atoms. The Morgan fingerprint density at radius 3 is 2.35 bits per heavy atom. The predicted molar refractivity (Wildman–Crippen MR) is 94.1 cm³/mol. The highest BCUT2D eigenvalue weighted by molar-refractivity contribution is 7.88. The van der Waals surface area contributed by atoms with Crippen LogP contribution in [0.5, 0.6) is 0 Å². The van der Waals surface area contributed by atoms with Crippen LogP contribution in [0.25, 0.3) is 0 Å². The second-order valence-corrected chi connectivity index (χ2v) is 8.10. The van der Waals surface area contributed by atoms with E-state index in [-0.39, 0.29) is 12.5 Å². The van der Waals surface area contributed by atoms with Crippen LogP contribution in [0.15, 0.2) is 18.2 Å². The van der Waals surface area contributed by atoms with Crippen LogP contribution in [0, 0.1) is 13.8 Å². The molecule has 0 bridgehead atoms. The lowest BCUT2D eigenvalue weighted by molar-refractivity contribution is -0.116. The molecule has 0 aromatic heterocycles. The van der Waals surface area contributed by atoms with Gasteiger partial charge >= 0.3 is 0 Å². The molecule has 0 radical (unpaired) electrons. The summed E-state index contributed by atoms with van der Waals surface area (Å²) in [6.07, 6.45) is 1.81. The second-order valence-electron chi connectivity index (χ2n) is 6.12. The van der Waals surface area contributed by atoms with Crippen molar-refractivity contribution in [3.63, 3.8) is 0 Å². The first-order valence-corrected chi connectivity index (χ1v) is 9.41. The minimum Gasteiger partial charge on any atom is -0.325 e. The maximum absolute atomic E-state index is 12.2. The standard InChI is InChI=1S/C16H27N3O3S/c1-13-7-8-15(14(2)11-13)17-16(20)12-19(23(5,21)22)10-6-9-18(3)4/h7-8,11H,6,9-10,12H2,1-5H3,(H,17,20). The van der Waals surface area contributed by atoms with Crippen molar-refractivity contribution < 1.29 is 13.2 Å². The van der Waals surface area contributed by atoms with Crippen molar-refractivity contribution >= 4 is 21.6 Å². The molecule has 0 fully saturated rings. The summed E-state index contributed by atoms with van der Waals surface area (Å²) >= 11 is 0. The van der Waals surface area contributed by atoms with E-state index in [4.69, 9.17) is 0 Å². The number of rotatable bonds is 8. The van der Waals surface area contributed by atoms with Crippen molar-refractivity contribution in [2.75, 3.05) is 45.3 Å². The molecule has 1 amide bonds. The van der Waals surface area contributed by atoms with Crippen molar-refractivity contribution in [1.82, 2.24) is 9.21 Å². The van der Waals surface area contributed by atoms with Crippen LogP contribution in [-0.4, -0.2) is 63.5 Å². The monoisotopic (exact) mass is 341 g/mol. The van der Waals surface area contributed by atoms with Gasteiger partial charge in [0, 0.05) is 12.2 Å². The van der Waals surface area contributed by atoms with E-state index in [1.165, 1.54) is 4.31 Å². The molecule has 0 unspecified atom stereocenters. The summed E-state index contributed by atoms with van der Waals surface area (Å²) in [5, 5.41) is 2.78. The van der Waals surface area contributed by atoms with Crippen LogP contribution in [0.3, 0.4) is 0 Å². The van der Waals surface area contributed by atoms with Crippen LogP contribution in [0.4, 0.5) is 5.69 Å². The van der Waals surface area contributed by atoms with Gasteiger partial charge in [-0.05, 0) is 52.5 Å². The first-order valence-electron chi connectivity index (χ1n) is 7.56. The Hall–Kier alpha value is -1.44. The van der Waals surface area contributed by atoms with E-state index in [9.17, 15) is 13.2 Å². The first-order chi connectivity index (χ1) is 10.6. The topological polar surface area (TPSA) is 69.7 Å². The number of benzene rings is 1. The van der Waals surface area contributed by atoms with Gasteiger partial charge in [-0.3, -0.25) is 4.79 Å². The van der Waals surface area contributed by atoms with Gasteiger partial charge in [0.2, 0.25) is 15.9 Å². The summed E-state index contributed by atoms with van der Waals surface area (Å²) in [4.78, 5) is 14.2. The molecule has 0 aliphatic heterocycles. The molecule has 1 aromatic rings. The second kappa shape index (κ2) is 8.42. The number of carbonyl (C=O) groups excluding carboxylic acids is 1. The molecule has 6 nitrogen and oxygen atoms in total. The van der Waals surface area contributed by atoms with Gasteiger partial charge in [-0.25, -0.2) is 8.42 Å². The van der Waals surface area contributed by atoms with Gasteiger partial charge in [-0.2, -0.15) is 4.31 Å². The Kier molecular flexibility index (Phi) is 7.18. The molecule has 0 spiro atoms. The molecule has 1 N–H and O–H groups in total. The van der Waals surface area contributed by atoms with E-state index in [1.54, 1.807) is 0 Å². The van der Waals surface area contributed by atoms with Crippen molar-refractivity contribution in [1.29, 1.82) is 0 Å². The number of hydrogen-bond donors (Lipinski definition) is 1. The molecule has 130 valence electrons. The lowest BCUT2D eigenvalue weighted by atomic mass is 10.1. The average molecular weight is 341 g/mol. The SMILES string of the molecule is Cc1ccc(NC(=O)CN(CCCN(C)C)S(C)(=O)=O)c(C)c1. The van der Waals surface area contributed by atoms with Gasteiger partial charge in [0.25, 0.3) is 0 Å². The third-order valence-electron chi connectivity index (χ3n) is 3.46. The van der Waals surface area contributed by atoms with Gasteiger partial charge in [0.1, 0.15) is 0 Å². The van der Waals surface area contributed by atoms with Crippen LogP contribution in [0.1, 0.15) is 17.5 Å². The molecule has 1 aromatic carbocycles. The van der Waals surface area contributed by atoms with Gasteiger partial charge in [-0.1, -0.05) is 17.7 Å². The zero-order valence-electron chi connectivity index (χ0n) is 14.6. The quantitative estimate of drug-likeness (QED) is 0.777. The summed E-state index contributed by atoms with van der Waals surface area (Å²) in [6.45, 7) is 4.82. The molecular formula is C16H27N3O3S. The van der Waals surface area contributed by atoms with E-state index >= 15 is 0 Å². The molecule has 7 heteroatoms. The van der Waals surface area contributed by atoms with E-state index in [0.717, 1.165) is 23.9 Å². The summed E-state index contributed by atoms with van der Waals surface area (Å²) in [7, 11) is 0.443. The number of hydrogen-bond acceptors (Lipinski definition) is 4.